The van der Waals surface area contributed by atoms with Gasteiger partial charge in [-0.25, -0.2) is 0 Å². The second-order valence-electron chi connectivity index (χ2n) is 7.40. The second kappa shape index (κ2) is 8.56. The summed E-state index contributed by atoms with van der Waals surface area (Å²) >= 11 is 12.1. The number of aromatic amines is 1. The second-order valence-corrected chi connectivity index (χ2v) is 8.21. The molecule has 1 aliphatic rings. The third kappa shape index (κ3) is 4.35. The van der Waals surface area contributed by atoms with Gasteiger partial charge >= 0.3 is 0 Å². The average molecular weight is 416 g/mol. The van der Waals surface area contributed by atoms with Gasteiger partial charge < -0.3 is 15.6 Å². The van der Waals surface area contributed by atoms with Crippen LogP contribution in [0.15, 0.2) is 53.3 Å². The molecule has 4 rings (SSSR count). The Balaban J connectivity index is 1.37. The van der Waals surface area contributed by atoms with E-state index >= 15 is 0 Å². The Labute approximate surface area is 174 Å². The highest BCUT2D eigenvalue weighted by Crippen LogP contribution is 2.27. The van der Waals surface area contributed by atoms with Crippen molar-refractivity contribution in [3.8, 4) is 0 Å². The molecule has 0 aliphatic heterocycles. The number of nitrogens with one attached hydrogen (secondary N) is 3. The highest BCUT2D eigenvalue weighted by atomic mass is 35.5. The molecule has 0 spiro atoms. The van der Waals surface area contributed by atoms with E-state index in [0.717, 1.165) is 41.8 Å². The molecule has 146 valence electrons. The number of fused-ring (bicyclic) bond motifs is 1. The van der Waals surface area contributed by atoms with E-state index in [1.807, 2.05) is 42.5 Å². The van der Waals surface area contributed by atoms with Crippen molar-refractivity contribution in [3.63, 3.8) is 0 Å². The molecule has 2 aromatic carbocycles. The smallest absolute Gasteiger partial charge is 0.191 e. The minimum Gasteiger partial charge on any atom is -0.371 e. The van der Waals surface area contributed by atoms with Crippen LogP contribution in [0.4, 0.5) is 5.82 Å². The van der Waals surface area contributed by atoms with E-state index in [4.69, 9.17) is 23.2 Å². The van der Waals surface area contributed by atoms with Gasteiger partial charge in [-0.3, -0.25) is 4.79 Å². The fraction of sp³-hybridized carbons (Fsp3) is 0.318. The monoisotopic (exact) mass is 415 g/mol. The fourth-order valence-corrected chi connectivity index (χ4v) is 4.30. The van der Waals surface area contributed by atoms with Crippen LogP contribution in [0, 0.1) is 5.92 Å². The molecule has 1 aromatic heterocycles. The maximum Gasteiger partial charge on any atom is 0.191 e. The molecule has 0 radical (unpaired) electrons. The van der Waals surface area contributed by atoms with Crippen molar-refractivity contribution >= 4 is 39.9 Å². The van der Waals surface area contributed by atoms with Crippen LogP contribution in [0.3, 0.4) is 0 Å². The van der Waals surface area contributed by atoms with Gasteiger partial charge in [0.25, 0.3) is 0 Å². The third-order valence-electron chi connectivity index (χ3n) is 5.50. The summed E-state index contributed by atoms with van der Waals surface area (Å²) in [5.74, 6) is 1.29. The van der Waals surface area contributed by atoms with Crippen LogP contribution in [0.1, 0.15) is 24.8 Å². The summed E-state index contributed by atoms with van der Waals surface area (Å²) in [6.45, 7) is 1.60. The molecule has 1 aliphatic carbocycles. The highest BCUT2D eigenvalue weighted by molar-refractivity contribution is 6.42. The predicted molar refractivity (Wildman–Crippen MR) is 117 cm³/mol. The number of anilines is 1. The van der Waals surface area contributed by atoms with Gasteiger partial charge in [-0.05, 0) is 48.6 Å². The van der Waals surface area contributed by atoms with Crippen LogP contribution in [0.25, 0.3) is 10.9 Å². The number of halogens is 2. The first-order chi connectivity index (χ1) is 13.6. The van der Waals surface area contributed by atoms with Crippen LogP contribution in [-0.4, -0.2) is 17.6 Å². The summed E-state index contributed by atoms with van der Waals surface area (Å²) in [7, 11) is 0. The summed E-state index contributed by atoms with van der Waals surface area (Å²) in [6.07, 6.45) is 3.53. The zero-order chi connectivity index (χ0) is 19.5. The van der Waals surface area contributed by atoms with Crippen LogP contribution in [-0.2, 0) is 6.54 Å². The quantitative estimate of drug-likeness (QED) is 0.517. The molecule has 4 nitrogen and oxygen atoms in total. The van der Waals surface area contributed by atoms with Crippen molar-refractivity contribution in [2.75, 3.05) is 11.9 Å². The molecule has 0 unspecified atom stereocenters. The Morgan fingerprint density at radius 3 is 2.75 bits per heavy atom. The van der Waals surface area contributed by atoms with Crippen molar-refractivity contribution in [3.05, 3.63) is 74.4 Å². The van der Waals surface area contributed by atoms with Crippen LogP contribution in [0.5, 0.6) is 0 Å². The Kier molecular flexibility index (Phi) is 5.90. The van der Waals surface area contributed by atoms with Crippen molar-refractivity contribution in [1.29, 1.82) is 0 Å². The zero-order valence-corrected chi connectivity index (χ0v) is 17.0. The van der Waals surface area contributed by atoms with E-state index in [0.29, 0.717) is 22.0 Å². The number of para-hydroxylation sites is 1. The summed E-state index contributed by atoms with van der Waals surface area (Å²) in [5, 5.41) is 8.98. The van der Waals surface area contributed by atoms with Gasteiger partial charge in [-0.1, -0.05) is 47.8 Å². The number of aromatic nitrogens is 1. The van der Waals surface area contributed by atoms with Gasteiger partial charge in [0.1, 0.15) is 5.82 Å². The number of rotatable bonds is 6. The van der Waals surface area contributed by atoms with Crippen molar-refractivity contribution in [2.24, 2.45) is 5.92 Å². The lowest BCUT2D eigenvalue weighted by Crippen LogP contribution is -2.35. The SMILES string of the molecule is O=c1cc(NC[C@@H]2CCC[C@@H]2NCc2ccc(Cl)c(Cl)c2)[nH]c2ccccc12. The molecule has 0 amide bonds. The normalized spacial score (nSPS) is 19.2. The summed E-state index contributed by atoms with van der Waals surface area (Å²) in [4.78, 5) is 15.6. The molecule has 6 heteroatoms. The number of benzene rings is 2. The third-order valence-corrected chi connectivity index (χ3v) is 6.24. The van der Waals surface area contributed by atoms with E-state index in [9.17, 15) is 4.79 Å². The summed E-state index contributed by atoms with van der Waals surface area (Å²) in [5.41, 5.74) is 2.03. The molecule has 3 aromatic rings. The maximum atomic E-state index is 12.3. The first-order valence-corrected chi connectivity index (χ1v) is 10.4. The molecule has 1 saturated carbocycles. The van der Waals surface area contributed by atoms with Crippen molar-refractivity contribution in [2.45, 2.75) is 31.8 Å². The lowest BCUT2D eigenvalue weighted by atomic mass is 10.0. The largest absolute Gasteiger partial charge is 0.371 e. The molecule has 28 heavy (non-hydrogen) atoms. The Bertz CT molecular complexity index is 1030. The topological polar surface area (TPSA) is 56.9 Å². The molecule has 3 N–H and O–H groups in total. The molecule has 1 fully saturated rings. The summed E-state index contributed by atoms with van der Waals surface area (Å²) in [6, 6.07) is 15.4. The molecular weight excluding hydrogens is 393 g/mol. The van der Waals surface area contributed by atoms with Crippen molar-refractivity contribution in [1.82, 2.24) is 10.3 Å². The predicted octanol–water partition coefficient (Wildman–Crippen LogP) is 5.21. The van der Waals surface area contributed by atoms with Crippen LogP contribution < -0.4 is 16.1 Å². The number of hydrogen-bond acceptors (Lipinski definition) is 3. The van der Waals surface area contributed by atoms with E-state index in [1.165, 1.54) is 12.8 Å². The molecular formula is C22H23Cl2N3O. The van der Waals surface area contributed by atoms with E-state index in [-0.39, 0.29) is 5.43 Å². The van der Waals surface area contributed by atoms with Gasteiger partial charge in [0.15, 0.2) is 5.43 Å². The molecule has 1 heterocycles. The lowest BCUT2D eigenvalue weighted by Gasteiger charge is -2.22. The van der Waals surface area contributed by atoms with Gasteiger partial charge in [-0.2, -0.15) is 0 Å². The Morgan fingerprint density at radius 1 is 1.04 bits per heavy atom. The molecule has 0 saturated heterocycles. The Hall–Kier alpha value is -2.01. The van der Waals surface area contributed by atoms with E-state index in [1.54, 1.807) is 6.07 Å². The van der Waals surface area contributed by atoms with Gasteiger partial charge in [-0.15, -0.1) is 0 Å². The number of hydrogen-bond donors (Lipinski definition) is 3. The van der Waals surface area contributed by atoms with Gasteiger partial charge in [0.2, 0.25) is 0 Å². The van der Waals surface area contributed by atoms with Crippen LogP contribution in [0.2, 0.25) is 10.0 Å². The zero-order valence-electron chi connectivity index (χ0n) is 15.5. The standard InChI is InChI=1S/C22H23Cl2N3O/c23-17-9-8-14(10-18(17)24)12-25-19-7-3-4-15(19)13-26-22-11-21(28)16-5-1-2-6-20(16)27-22/h1-2,5-6,8-11,15,19,25H,3-4,7,12-13H2,(H2,26,27,28)/t15-,19-/m0/s1. The van der Waals surface area contributed by atoms with Gasteiger partial charge in [0, 0.05) is 30.6 Å². The number of pyridine rings is 1. The van der Waals surface area contributed by atoms with Crippen molar-refractivity contribution < 1.29 is 0 Å². The average Bonchev–Trinajstić information content (AvgIpc) is 3.15. The molecule has 2 atom stereocenters. The maximum absolute atomic E-state index is 12.3. The summed E-state index contributed by atoms with van der Waals surface area (Å²) < 4.78 is 0. The first-order valence-electron chi connectivity index (χ1n) is 9.63. The highest BCUT2D eigenvalue weighted by Gasteiger charge is 2.26. The van der Waals surface area contributed by atoms with Crippen LogP contribution >= 0.6 is 23.2 Å². The van der Waals surface area contributed by atoms with E-state index < -0.39 is 0 Å². The molecule has 0 bridgehead atoms. The van der Waals surface area contributed by atoms with E-state index in [2.05, 4.69) is 15.6 Å². The minimum absolute atomic E-state index is 0.0394. The lowest BCUT2D eigenvalue weighted by molar-refractivity contribution is 0.413. The number of H-pyrrole nitrogens is 1. The Morgan fingerprint density at radius 2 is 1.89 bits per heavy atom. The fourth-order valence-electron chi connectivity index (χ4n) is 3.98. The minimum atomic E-state index is 0.0394. The van der Waals surface area contributed by atoms with Gasteiger partial charge in [0.05, 0.1) is 15.6 Å². The first kappa shape index (κ1) is 19.3.